The topological polar surface area (TPSA) is 38.7 Å². The Labute approximate surface area is 273 Å². The predicted molar refractivity (Wildman–Crippen MR) is 195 cm³/mol. The van der Waals surface area contributed by atoms with Crippen molar-refractivity contribution in [2.75, 3.05) is 0 Å². The first kappa shape index (κ1) is 28.3. The third-order valence-electron chi connectivity index (χ3n) is 8.96. The van der Waals surface area contributed by atoms with Crippen LogP contribution in [0, 0.1) is 6.92 Å². The molecule has 0 saturated heterocycles. The van der Waals surface area contributed by atoms with Gasteiger partial charge in [0.2, 0.25) is 0 Å². The summed E-state index contributed by atoms with van der Waals surface area (Å²) >= 11 is 0. The maximum atomic E-state index is 4.96. The molecule has 0 atom stereocenters. The molecule has 8 aromatic rings. The molecule has 0 bridgehead atoms. The molecule has 3 heterocycles. The minimum Gasteiger partial charge on any atom is -0.255 e. The van der Waals surface area contributed by atoms with Gasteiger partial charge in [0.25, 0.3) is 0 Å². The van der Waals surface area contributed by atoms with Crippen LogP contribution in [-0.2, 0) is 0 Å². The van der Waals surface area contributed by atoms with Crippen molar-refractivity contribution in [3.8, 4) is 33.9 Å². The molecule has 3 nitrogen and oxygen atoms in total. The Hall–Kier alpha value is -6.19. The number of aromatic nitrogens is 3. The third-order valence-corrected chi connectivity index (χ3v) is 8.96. The highest BCUT2D eigenvalue weighted by molar-refractivity contribution is 5.94. The summed E-state index contributed by atoms with van der Waals surface area (Å²) in [5.74, 6) is 0. The summed E-state index contributed by atoms with van der Waals surface area (Å²) in [5, 5.41) is 7.01. The average Bonchev–Trinajstić information content (AvgIpc) is 3.14. The lowest BCUT2D eigenvalue weighted by Gasteiger charge is -2.16. The highest BCUT2D eigenvalue weighted by Crippen LogP contribution is 2.33. The number of nitrogens with zero attached hydrogens (tertiary/aromatic N) is 3. The van der Waals surface area contributed by atoms with Crippen molar-refractivity contribution in [2.45, 2.75) is 6.92 Å². The predicted octanol–water partition coefficient (Wildman–Crippen LogP) is 9.15. The van der Waals surface area contributed by atoms with Gasteiger partial charge in [-0.05, 0) is 109 Å². The molecule has 0 radical (unpaired) electrons. The SMILES string of the molecule is C=c1/c(=C(/c2ccc(-c3cc(-c4ccccn4)nc(-c4ccccn4)c3)cc2)c2ccc3ccccc3c2C)ccc2ccccc12. The zero-order valence-corrected chi connectivity index (χ0v) is 26.1. The van der Waals surface area contributed by atoms with Crippen LogP contribution in [0.3, 0.4) is 0 Å². The number of benzene rings is 5. The Morgan fingerprint density at radius 2 is 1.09 bits per heavy atom. The molecule has 0 amide bonds. The highest BCUT2D eigenvalue weighted by Gasteiger charge is 2.15. The van der Waals surface area contributed by atoms with Crippen molar-refractivity contribution in [1.29, 1.82) is 0 Å². The lowest BCUT2D eigenvalue weighted by Crippen LogP contribution is -2.27. The van der Waals surface area contributed by atoms with Crippen molar-refractivity contribution in [2.24, 2.45) is 0 Å². The standard InChI is InChI=1S/C44H31N3/c1-29-36-13-5-3-11-32(36)21-23-38(29)44(39-24-22-33-12-4-6-14-37(33)30(39)2)34-19-17-31(18-20-34)35-27-42(40-15-7-9-25-45-40)47-43(28-35)41-16-8-10-26-46-41/h3-28H,1H2,2H3/b44-38-. The summed E-state index contributed by atoms with van der Waals surface area (Å²) in [5.41, 5.74) is 10.2. The van der Waals surface area contributed by atoms with Crippen LogP contribution < -0.4 is 10.4 Å². The molecule has 3 aromatic heterocycles. The van der Waals surface area contributed by atoms with Crippen molar-refractivity contribution >= 4 is 33.7 Å². The van der Waals surface area contributed by atoms with Gasteiger partial charge >= 0.3 is 0 Å². The van der Waals surface area contributed by atoms with Crippen LogP contribution in [0.1, 0.15) is 16.7 Å². The number of rotatable bonds is 5. The van der Waals surface area contributed by atoms with Gasteiger partial charge in [0.05, 0.1) is 22.8 Å². The molecule has 0 N–H and O–H groups in total. The molecule has 0 unspecified atom stereocenters. The largest absolute Gasteiger partial charge is 0.255 e. The van der Waals surface area contributed by atoms with Crippen LogP contribution in [0.15, 0.2) is 158 Å². The number of pyridine rings is 3. The summed E-state index contributed by atoms with van der Waals surface area (Å²) in [4.78, 5) is 14.1. The van der Waals surface area contributed by atoms with Crippen LogP contribution >= 0.6 is 0 Å². The number of aryl methyl sites for hydroxylation is 1. The summed E-state index contributed by atoms with van der Waals surface area (Å²) in [6.07, 6.45) is 3.60. The third kappa shape index (κ3) is 5.28. The fraction of sp³-hybridized carbons (Fsp3) is 0.0227. The number of hydrogen-bond acceptors (Lipinski definition) is 3. The normalized spacial score (nSPS) is 11.9. The molecule has 222 valence electrons. The molecule has 0 fully saturated rings. The van der Waals surface area contributed by atoms with Gasteiger partial charge in [0.1, 0.15) is 0 Å². The maximum absolute atomic E-state index is 4.96. The molecule has 0 spiro atoms. The summed E-state index contributed by atoms with van der Waals surface area (Å²) in [6, 6.07) is 50.9. The molecular formula is C44H31N3. The van der Waals surface area contributed by atoms with Gasteiger partial charge in [-0.1, -0.05) is 116 Å². The molecule has 5 aromatic carbocycles. The average molecular weight is 602 g/mol. The van der Waals surface area contributed by atoms with Gasteiger partial charge in [-0.15, -0.1) is 0 Å². The smallest absolute Gasteiger partial charge is 0.0900 e. The van der Waals surface area contributed by atoms with Crippen molar-refractivity contribution in [3.05, 3.63) is 185 Å². The van der Waals surface area contributed by atoms with E-state index in [9.17, 15) is 0 Å². The van der Waals surface area contributed by atoms with E-state index in [2.05, 4.69) is 133 Å². The fourth-order valence-corrected chi connectivity index (χ4v) is 6.54. The van der Waals surface area contributed by atoms with Gasteiger partial charge in [-0.25, -0.2) is 4.98 Å². The fourth-order valence-electron chi connectivity index (χ4n) is 6.54. The summed E-state index contributed by atoms with van der Waals surface area (Å²) < 4.78 is 0. The number of fused-ring (bicyclic) bond motifs is 2. The van der Waals surface area contributed by atoms with E-state index >= 15 is 0 Å². The Morgan fingerprint density at radius 3 is 1.72 bits per heavy atom. The van der Waals surface area contributed by atoms with Gasteiger partial charge in [0.15, 0.2) is 0 Å². The Bertz CT molecular complexity index is 2460. The van der Waals surface area contributed by atoms with E-state index in [-0.39, 0.29) is 0 Å². The van der Waals surface area contributed by atoms with Crippen LogP contribution in [0.25, 0.3) is 67.6 Å². The Kier molecular flexibility index (Phi) is 7.20. The van der Waals surface area contributed by atoms with E-state index < -0.39 is 0 Å². The highest BCUT2D eigenvalue weighted by atomic mass is 14.8. The first-order chi connectivity index (χ1) is 23.1. The van der Waals surface area contributed by atoms with Crippen molar-refractivity contribution in [3.63, 3.8) is 0 Å². The molecule has 0 aliphatic carbocycles. The zero-order valence-electron chi connectivity index (χ0n) is 26.1. The second-order valence-corrected chi connectivity index (χ2v) is 11.8. The van der Waals surface area contributed by atoms with Crippen LogP contribution in [0.4, 0.5) is 0 Å². The van der Waals surface area contributed by atoms with E-state index in [1.807, 2.05) is 36.4 Å². The Morgan fingerprint density at radius 1 is 0.511 bits per heavy atom. The van der Waals surface area contributed by atoms with Crippen molar-refractivity contribution in [1.82, 2.24) is 15.0 Å². The van der Waals surface area contributed by atoms with E-state index in [1.54, 1.807) is 12.4 Å². The molecule has 8 rings (SSSR count). The monoisotopic (exact) mass is 601 g/mol. The molecular weight excluding hydrogens is 571 g/mol. The van der Waals surface area contributed by atoms with Gasteiger partial charge in [-0.2, -0.15) is 0 Å². The lowest BCUT2D eigenvalue weighted by atomic mass is 9.88. The second-order valence-electron chi connectivity index (χ2n) is 11.8. The maximum Gasteiger partial charge on any atom is 0.0900 e. The molecule has 0 aliphatic heterocycles. The second kappa shape index (κ2) is 12.0. The van der Waals surface area contributed by atoms with Crippen LogP contribution in [-0.4, -0.2) is 15.0 Å². The van der Waals surface area contributed by atoms with Crippen LogP contribution in [0.2, 0.25) is 0 Å². The van der Waals surface area contributed by atoms with Gasteiger partial charge < -0.3 is 0 Å². The zero-order chi connectivity index (χ0) is 31.7. The van der Waals surface area contributed by atoms with Crippen molar-refractivity contribution < 1.29 is 0 Å². The molecule has 0 saturated carbocycles. The quantitative estimate of drug-likeness (QED) is 0.197. The van der Waals surface area contributed by atoms with E-state index in [4.69, 9.17) is 4.98 Å². The summed E-state index contributed by atoms with van der Waals surface area (Å²) in [6.45, 7) is 6.84. The molecule has 0 aliphatic rings. The molecule has 3 heteroatoms. The Balaban J connectivity index is 1.33. The minimum absolute atomic E-state index is 0.810. The van der Waals surface area contributed by atoms with Gasteiger partial charge in [0, 0.05) is 12.4 Å². The van der Waals surface area contributed by atoms with E-state index in [0.717, 1.165) is 49.9 Å². The first-order valence-electron chi connectivity index (χ1n) is 15.8. The summed E-state index contributed by atoms with van der Waals surface area (Å²) in [7, 11) is 0. The molecule has 47 heavy (non-hydrogen) atoms. The first-order valence-corrected chi connectivity index (χ1v) is 15.8. The minimum atomic E-state index is 0.810. The number of hydrogen-bond donors (Lipinski definition) is 0. The van der Waals surface area contributed by atoms with Gasteiger partial charge in [-0.3, -0.25) is 9.97 Å². The lowest BCUT2D eigenvalue weighted by molar-refractivity contribution is 1.22. The van der Waals surface area contributed by atoms with Crippen LogP contribution in [0.5, 0.6) is 0 Å². The van der Waals surface area contributed by atoms with E-state index in [0.29, 0.717) is 0 Å². The van der Waals surface area contributed by atoms with E-state index in [1.165, 1.54) is 38.2 Å².